The second-order valence-electron chi connectivity index (χ2n) is 3.07. The molecule has 0 bridgehead atoms. The van der Waals surface area contributed by atoms with Gasteiger partial charge in [0.05, 0.1) is 16.6 Å². The van der Waals surface area contributed by atoms with E-state index in [4.69, 9.17) is 23.2 Å². The fourth-order valence-corrected chi connectivity index (χ4v) is 3.00. The normalized spacial score (nSPS) is 10.4. The van der Waals surface area contributed by atoms with Gasteiger partial charge in [-0.25, -0.2) is 4.98 Å². The number of nitrogens with zero attached hydrogens (tertiary/aromatic N) is 1. The number of rotatable bonds is 3. The Bertz CT molecular complexity index is 501. The van der Waals surface area contributed by atoms with Gasteiger partial charge in [0.25, 0.3) is 0 Å². The first-order valence-corrected chi connectivity index (χ1v) is 6.86. The molecule has 0 spiro atoms. The fraction of sp³-hybridized carbons (Fsp3) is 0.100. The molecule has 0 aromatic carbocycles. The summed E-state index contributed by atoms with van der Waals surface area (Å²) in [7, 11) is 0. The molecule has 0 unspecified atom stereocenters. The van der Waals surface area contributed by atoms with Crippen molar-refractivity contribution in [2.24, 2.45) is 0 Å². The van der Waals surface area contributed by atoms with Crippen molar-refractivity contribution < 1.29 is 0 Å². The van der Waals surface area contributed by atoms with Crippen LogP contribution in [-0.2, 0) is 6.54 Å². The molecule has 0 fully saturated rings. The molecule has 0 saturated heterocycles. The lowest BCUT2D eigenvalue weighted by molar-refractivity contribution is 1.14. The number of aromatic nitrogens is 1. The van der Waals surface area contributed by atoms with Crippen LogP contribution in [-0.4, -0.2) is 4.98 Å². The SMILES string of the molecule is Clc1cnc(NCc2cc(Br)cs2)c(Cl)c1. The van der Waals surface area contributed by atoms with Crippen LogP contribution in [0.3, 0.4) is 0 Å². The Morgan fingerprint density at radius 1 is 1.38 bits per heavy atom. The Hall–Kier alpha value is -0.290. The molecule has 1 N–H and O–H groups in total. The molecule has 0 atom stereocenters. The van der Waals surface area contributed by atoms with Crippen LogP contribution in [0.2, 0.25) is 10.0 Å². The van der Waals surface area contributed by atoms with E-state index < -0.39 is 0 Å². The van der Waals surface area contributed by atoms with Gasteiger partial charge in [0.15, 0.2) is 0 Å². The van der Waals surface area contributed by atoms with Crippen LogP contribution in [0.1, 0.15) is 4.88 Å². The minimum Gasteiger partial charge on any atom is -0.364 e. The molecule has 2 aromatic heterocycles. The molecule has 2 heterocycles. The third kappa shape index (κ3) is 3.10. The summed E-state index contributed by atoms with van der Waals surface area (Å²) in [6, 6.07) is 3.73. The minimum atomic E-state index is 0.531. The smallest absolute Gasteiger partial charge is 0.145 e. The van der Waals surface area contributed by atoms with Gasteiger partial charge in [-0.1, -0.05) is 23.2 Å². The highest BCUT2D eigenvalue weighted by Crippen LogP contribution is 2.24. The number of hydrogen-bond donors (Lipinski definition) is 1. The lowest BCUT2D eigenvalue weighted by Gasteiger charge is -2.05. The minimum absolute atomic E-state index is 0.531. The Balaban J connectivity index is 2.04. The summed E-state index contributed by atoms with van der Waals surface area (Å²) < 4.78 is 1.09. The molecule has 2 rings (SSSR count). The van der Waals surface area contributed by atoms with Gasteiger partial charge in [-0.3, -0.25) is 0 Å². The number of anilines is 1. The monoisotopic (exact) mass is 336 g/mol. The maximum atomic E-state index is 5.99. The maximum absolute atomic E-state index is 5.99. The zero-order valence-corrected chi connectivity index (χ0v) is 11.9. The third-order valence-electron chi connectivity index (χ3n) is 1.86. The fourth-order valence-electron chi connectivity index (χ4n) is 1.16. The van der Waals surface area contributed by atoms with E-state index in [9.17, 15) is 0 Å². The second kappa shape index (κ2) is 5.36. The van der Waals surface area contributed by atoms with Gasteiger partial charge in [0, 0.05) is 20.9 Å². The van der Waals surface area contributed by atoms with Gasteiger partial charge in [-0.05, 0) is 28.1 Å². The third-order valence-corrected chi connectivity index (χ3v) is 4.05. The van der Waals surface area contributed by atoms with Gasteiger partial charge in [0.1, 0.15) is 5.82 Å². The van der Waals surface area contributed by atoms with Crippen LogP contribution in [0.25, 0.3) is 0 Å². The number of halogens is 3. The van der Waals surface area contributed by atoms with Crippen molar-refractivity contribution >= 4 is 56.3 Å². The predicted octanol–water partition coefficient (Wildman–Crippen LogP) is 4.82. The first-order chi connectivity index (χ1) is 7.65. The van der Waals surface area contributed by atoms with Gasteiger partial charge >= 0.3 is 0 Å². The first kappa shape index (κ1) is 12.2. The van der Waals surface area contributed by atoms with E-state index in [2.05, 4.69) is 32.3 Å². The zero-order valence-electron chi connectivity index (χ0n) is 8.01. The van der Waals surface area contributed by atoms with E-state index in [0.29, 0.717) is 22.4 Å². The Morgan fingerprint density at radius 3 is 2.81 bits per heavy atom. The number of nitrogens with one attached hydrogen (secondary N) is 1. The Morgan fingerprint density at radius 2 is 2.19 bits per heavy atom. The van der Waals surface area contributed by atoms with Crippen molar-refractivity contribution in [1.82, 2.24) is 4.98 Å². The van der Waals surface area contributed by atoms with Gasteiger partial charge in [0.2, 0.25) is 0 Å². The van der Waals surface area contributed by atoms with Crippen LogP contribution < -0.4 is 5.32 Å². The molecule has 6 heteroatoms. The Labute approximate surface area is 116 Å². The van der Waals surface area contributed by atoms with Crippen molar-refractivity contribution in [1.29, 1.82) is 0 Å². The molecule has 0 aliphatic rings. The second-order valence-corrected chi connectivity index (χ2v) is 5.82. The summed E-state index contributed by atoms with van der Waals surface area (Å²) in [6.07, 6.45) is 1.57. The molecule has 0 radical (unpaired) electrons. The van der Waals surface area contributed by atoms with Gasteiger partial charge < -0.3 is 5.32 Å². The maximum Gasteiger partial charge on any atom is 0.145 e. The summed E-state index contributed by atoms with van der Waals surface area (Å²) in [5.74, 6) is 0.649. The highest BCUT2D eigenvalue weighted by molar-refractivity contribution is 9.10. The zero-order chi connectivity index (χ0) is 11.5. The quantitative estimate of drug-likeness (QED) is 0.868. The highest BCUT2D eigenvalue weighted by atomic mass is 79.9. The summed E-state index contributed by atoms with van der Waals surface area (Å²) in [5, 5.41) is 6.26. The summed E-state index contributed by atoms with van der Waals surface area (Å²) >= 11 is 16.8. The molecule has 16 heavy (non-hydrogen) atoms. The van der Waals surface area contributed by atoms with E-state index in [1.54, 1.807) is 23.6 Å². The standard InChI is InChI=1S/C10H7BrCl2N2S/c11-6-1-8(16-5-6)4-15-10-9(13)2-7(12)3-14-10/h1-3,5H,4H2,(H,14,15). The molecule has 2 aromatic rings. The van der Waals surface area contributed by atoms with Crippen molar-refractivity contribution in [3.63, 3.8) is 0 Å². The van der Waals surface area contributed by atoms with E-state index >= 15 is 0 Å². The first-order valence-electron chi connectivity index (χ1n) is 4.43. The highest BCUT2D eigenvalue weighted by Gasteiger charge is 2.03. The summed E-state index contributed by atoms with van der Waals surface area (Å²) in [5.41, 5.74) is 0. The van der Waals surface area contributed by atoms with Crippen molar-refractivity contribution in [2.75, 3.05) is 5.32 Å². The molecule has 0 amide bonds. The van der Waals surface area contributed by atoms with E-state index in [0.717, 1.165) is 4.47 Å². The van der Waals surface area contributed by atoms with Crippen LogP contribution in [0.5, 0.6) is 0 Å². The largest absolute Gasteiger partial charge is 0.364 e. The molecular formula is C10H7BrCl2N2S. The predicted molar refractivity (Wildman–Crippen MR) is 73.6 cm³/mol. The molecular weight excluding hydrogens is 331 g/mol. The topological polar surface area (TPSA) is 24.9 Å². The van der Waals surface area contributed by atoms with Crippen LogP contribution in [0, 0.1) is 0 Å². The number of hydrogen-bond acceptors (Lipinski definition) is 3. The lowest BCUT2D eigenvalue weighted by atomic mass is 10.4. The Kier molecular flexibility index (Phi) is 4.08. The van der Waals surface area contributed by atoms with Crippen LogP contribution in [0.4, 0.5) is 5.82 Å². The molecule has 84 valence electrons. The summed E-state index contributed by atoms with van der Waals surface area (Å²) in [4.78, 5) is 5.33. The van der Waals surface area contributed by atoms with E-state index in [1.165, 1.54) is 4.88 Å². The van der Waals surface area contributed by atoms with Gasteiger partial charge in [-0.15, -0.1) is 11.3 Å². The van der Waals surface area contributed by atoms with Crippen LogP contribution in [0.15, 0.2) is 28.2 Å². The average Bonchev–Trinajstić information content (AvgIpc) is 2.63. The number of thiophene rings is 1. The van der Waals surface area contributed by atoms with E-state index in [-0.39, 0.29) is 0 Å². The van der Waals surface area contributed by atoms with Crippen molar-refractivity contribution in [2.45, 2.75) is 6.54 Å². The van der Waals surface area contributed by atoms with Crippen molar-refractivity contribution in [3.8, 4) is 0 Å². The number of pyridine rings is 1. The molecule has 0 aliphatic carbocycles. The molecule has 2 nitrogen and oxygen atoms in total. The summed E-state index contributed by atoms with van der Waals surface area (Å²) in [6.45, 7) is 0.699. The van der Waals surface area contributed by atoms with Crippen LogP contribution >= 0.6 is 50.5 Å². The van der Waals surface area contributed by atoms with E-state index in [1.807, 2.05) is 5.38 Å². The molecule has 0 saturated carbocycles. The average molecular weight is 338 g/mol. The lowest BCUT2D eigenvalue weighted by Crippen LogP contribution is -2.00. The molecule has 0 aliphatic heterocycles. The van der Waals surface area contributed by atoms with Gasteiger partial charge in [-0.2, -0.15) is 0 Å². The van der Waals surface area contributed by atoms with Crippen molar-refractivity contribution in [3.05, 3.63) is 43.1 Å².